The van der Waals surface area contributed by atoms with Gasteiger partial charge >= 0.3 is 0 Å². The predicted octanol–water partition coefficient (Wildman–Crippen LogP) is 0.587. The van der Waals surface area contributed by atoms with Crippen LogP contribution in [0.3, 0.4) is 0 Å². The average molecular weight is 267 g/mol. The molecular formula is C11H13N3O3S. The topological polar surface area (TPSA) is 79.4 Å². The van der Waals surface area contributed by atoms with Crippen molar-refractivity contribution in [2.45, 2.75) is 26.3 Å². The lowest BCUT2D eigenvalue weighted by Gasteiger charge is -2.39. The van der Waals surface area contributed by atoms with Gasteiger partial charge in [0.25, 0.3) is 5.91 Å². The second-order valence-corrected chi connectivity index (χ2v) is 5.59. The Labute approximate surface area is 108 Å². The monoisotopic (exact) mass is 267 g/mol. The maximum atomic E-state index is 11.8. The number of carbonyl (C=O) groups is 3. The van der Waals surface area contributed by atoms with E-state index >= 15 is 0 Å². The number of hydrogen-bond donors (Lipinski definition) is 1. The van der Waals surface area contributed by atoms with Gasteiger partial charge in [-0.2, -0.15) is 0 Å². The molecule has 1 aliphatic rings. The van der Waals surface area contributed by atoms with E-state index in [9.17, 15) is 14.4 Å². The zero-order chi connectivity index (χ0) is 13.5. The minimum Gasteiger partial charge on any atom is -0.325 e. The van der Waals surface area contributed by atoms with E-state index in [0.29, 0.717) is 10.0 Å². The largest absolute Gasteiger partial charge is 0.325 e. The molecule has 2 amide bonds. The lowest BCUT2D eigenvalue weighted by Crippen LogP contribution is -2.64. The number of aromatic nitrogens is 1. The number of rotatable bonds is 2. The van der Waals surface area contributed by atoms with Crippen molar-refractivity contribution in [3.05, 3.63) is 11.1 Å². The highest BCUT2D eigenvalue weighted by Gasteiger charge is 2.42. The summed E-state index contributed by atoms with van der Waals surface area (Å²) in [4.78, 5) is 40.7. The Kier molecular flexibility index (Phi) is 2.94. The van der Waals surface area contributed by atoms with Crippen molar-refractivity contribution in [1.82, 2.24) is 10.3 Å². The number of hydrogen-bond acceptors (Lipinski definition) is 6. The molecule has 18 heavy (non-hydrogen) atoms. The van der Waals surface area contributed by atoms with E-state index in [1.165, 1.54) is 24.5 Å². The smallest absolute Gasteiger partial charge is 0.251 e. The molecule has 1 saturated heterocycles. The summed E-state index contributed by atoms with van der Waals surface area (Å²) in [6, 6.07) is 0. The molecule has 0 saturated carbocycles. The second-order valence-electron chi connectivity index (χ2n) is 4.59. The van der Waals surface area contributed by atoms with Crippen molar-refractivity contribution in [3.63, 3.8) is 0 Å². The maximum Gasteiger partial charge on any atom is 0.251 e. The van der Waals surface area contributed by atoms with E-state index in [1.54, 1.807) is 18.7 Å². The molecule has 0 radical (unpaired) electrons. The first kappa shape index (κ1) is 12.7. The summed E-state index contributed by atoms with van der Waals surface area (Å²) in [6.07, 6.45) is 1.47. The molecule has 6 nitrogen and oxygen atoms in total. The first-order chi connectivity index (χ1) is 8.32. The number of Topliss-reactive ketones (excluding diaryl/α,β-unsaturated/α-hetero) is 1. The Morgan fingerprint density at radius 1 is 1.50 bits per heavy atom. The first-order valence-corrected chi connectivity index (χ1v) is 6.22. The van der Waals surface area contributed by atoms with Gasteiger partial charge in [-0.1, -0.05) is 11.3 Å². The van der Waals surface area contributed by atoms with Crippen LogP contribution in [0.25, 0.3) is 0 Å². The quantitative estimate of drug-likeness (QED) is 0.626. The van der Waals surface area contributed by atoms with Crippen LogP contribution in [-0.2, 0) is 9.59 Å². The Hall–Kier alpha value is -1.76. The van der Waals surface area contributed by atoms with Crippen molar-refractivity contribution in [3.8, 4) is 0 Å². The molecule has 0 aromatic carbocycles. The Bertz CT molecular complexity index is 535. The normalized spacial score (nSPS) is 18.7. The lowest BCUT2D eigenvalue weighted by atomic mass is 10.00. The van der Waals surface area contributed by atoms with Crippen LogP contribution in [-0.4, -0.2) is 34.7 Å². The van der Waals surface area contributed by atoms with Crippen molar-refractivity contribution >= 4 is 34.1 Å². The number of anilines is 1. The number of amides is 2. The number of nitrogens with zero attached hydrogens (tertiary/aromatic N) is 2. The number of nitrogens with one attached hydrogen (secondary N) is 1. The van der Waals surface area contributed by atoms with Crippen molar-refractivity contribution in [2.24, 2.45) is 0 Å². The molecule has 1 N–H and O–H groups in total. The van der Waals surface area contributed by atoms with Crippen LogP contribution in [0.15, 0.2) is 6.20 Å². The van der Waals surface area contributed by atoms with Gasteiger partial charge in [0.2, 0.25) is 5.91 Å². The van der Waals surface area contributed by atoms with Gasteiger partial charge in [0.15, 0.2) is 10.9 Å². The predicted molar refractivity (Wildman–Crippen MR) is 66.7 cm³/mol. The van der Waals surface area contributed by atoms with Gasteiger partial charge in [-0.05, 0) is 13.8 Å². The Morgan fingerprint density at radius 2 is 2.17 bits per heavy atom. The van der Waals surface area contributed by atoms with Crippen LogP contribution in [0, 0.1) is 0 Å². The summed E-state index contributed by atoms with van der Waals surface area (Å²) in [5.41, 5.74) is -0.861. The Balaban J connectivity index is 2.37. The van der Waals surface area contributed by atoms with Gasteiger partial charge in [0.1, 0.15) is 12.1 Å². The van der Waals surface area contributed by atoms with E-state index in [4.69, 9.17) is 0 Å². The summed E-state index contributed by atoms with van der Waals surface area (Å²) < 4.78 is 0. The van der Waals surface area contributed by atoms with E-state index in [1.807, 2.05) is 0 Å². The number of imide groups is 1. The molecule has 7 heteroatoms. The fourth-order valence-corrected chi connectivity index (χ4v) is 2.60. The summed E-state index contributed by atoms with van der Waals surface area (Å²) in [6.45, 7) is 4.94. The average Bonchev–Trinajstić information content (AvgIpc) is 2.72. The van der Waals surface area contributed by atoms with Crippen LogP contribution >= 0.6 is 11.3 Å². The number of thiazole rings is 1. The summed E-state index contributed by atoms with van der Waals surface area (Å²) >= 11 is 1.19. The highest BCUT2D eigenvalue weighted by Crippen LogP contribution is 2.30. The minimum absolute atomic E-state index is 0.0591. The second kappa shape index (κ2) is 4.16. The summed E-state index contributed by atoms with van der Waals surface area (Å²) in [5.74, 6) is -0.804. The van der Waals surface area contributed by atoms with Gasteiger partial charge in [-0.25, -0.2) is 4.98 Å². The lowest BCUT2D eigenvalue weighted by molar-refractivity contribution is -0.135. The van der Waals surface area contributed by atoms with Crippen molar-refractivity contribution < 1.29 is 14.4 Å². The third-order valence-electron chi connectivity index (χ3n) is 2.86. The van der Waals surface area contributed by atoms with E-state index in [-0.39, 0.29) is 24.1 Å². The first-order valence-electron chi connectivity index (χ1n) is 5.41. The van der Waals surface area contributed by atoms with Gasteiger partial charge in [0.05, 0.1) is 11.1 Å². The van der Waals surface area contributed by atoms with E-state index < -0.39 is 5.54 Å². The molecule has 1 aliphatic heterocycles. The fraction of sp³-hybridized carbons (Fsp3) is 0.455. The molecule has 1 aromatic heterocycles. The van der Waals surface area contributed by atoms with E-state index in [2.05, 4.69) is 10.3 Å². The van der Waals surface area contributed by atoms with Crippen LogP contribution in [0.2, 0.25) is 0 Å². The Morgan fingerprint density at radius 3 is 2.72 bits per heavy atom. The fourth-order valence-electron chi connectivity index (χ4n) is 1.64. The van der Waals surface area contributed by atoms with Crippen molar-refractivity contribution in [2.75, 3.05) is 11.4 Å². The number of ketones is 1. The van der Waals surface area contributed by atoms with Gasteiger partial charge < -0.3 is 4.90 Å². The zero-order valence-electron chi connectivity index (χ0n) is 10.3. The highest BCUT2D eigenvalue weighted by molar-refractivity contribution is 7.17. The maximum absolute atomic E-state index is 11.8. The summed E-state index contributed by atoms with van der Waals surface area (Å²) in [5, 5.41) is 2.80. The van der Waals surface area contributed by atoms with Crippen LogP contribution in [0.5, 0.6) is 0 Å². The molecule has 1 aromatic rings. The molecule has 96 valence electrons. The molecule has 1 fully saturated rings. The molecule has 0 bridgehead atoms. The molecule has 2 heterocycles. The standard InChI is InChI=1S/C11H13N3O3S/c1-6(15)7-4-12-10(18-7)14-5-8(16)13-9(17)11(14,2)3/h4H,5H2,1-3H3,(H,13,16,17). The number of carbonyl (C=O) groups excluding carboxylic acids is 3. The molecule has 0 unspecified atom stereocenters. The van der Waals surface area contributed by atoms with Crippen LogP contribution < -0.4 is 10.2 Å². The zero-order valence-corrected chi connectivity index (χ0v) is 11.1. The molecule has 2 rings (SSSR count). The third kappa shape index (κ3) is 2.01. The minimum atomic E-state index is -0.861. The summed E-state index contributed by atoms with van der Waals surface area (Å²) in [7, 11) is 0. The molecule has 0 atom stereocenters. The molecular weight excluding hydrogens is 254 g/mol. The third-order valence-corrected chi connectivity index (χ3v) is 3.98. The number of piperazine rings is 1. The molecule has 0 aliphatic carbocycles. The van der Waals surface area contributed by atoms with Gasteiger partial charge in [-0.3, -0.25) is 19.7 Å². The van der Waals surface area contributed by atoms with E-state index in [0.717, 1.165) is 0 Å². The molecule has 0 spiro atoms. The van der Waals surface area contributed by atoms with Crippen LogP contribution in [0.1, 0.15) is 30.4 Å². The SMILES string of the molecule is CC(=O)c1cnc(N2CC(=O)NC(=O)C2(C)C)s1. The van der Waals surface area contributed by atoms with Gasteiger partial charge in [0, 0.05) is 6.92 Å². The van der Waals surface area contributed by atoms with Crippen LogP contribution in [0.4, 0.5) is 5.13 Å². The highest BCUT2D eigenvalue weighted by atomic mass is 32.1. The van der Waals surface area contributed by atoms with Crippen molar-refractivity contribution in [1.29, 1.82) is 0 Å². The van der Waals surface area contributed by atoms with Gasteiger partial charge in [-0.15, -0.1) is 0 Å².